The van der Waals surface area contributed by atoms with E-state index >= 15 is 0 Å². The Labute approximate surface area is 136 Å². The standard InChI is InChI=1S/C17H26N4O2/c1-2-13-10-17(21-16(20-13)8-9-19-21)18-11-14(22)12-23-15-6-4-3-5-7-15/h8-10,14-15,18,22H,2-7,11-12H2,1H3/t14-/m1/s1. The van der Waals surface area contributed by atoms with Crippen molar-refractivity contribution >= 4 is 11.5 Å². The molecule has 0 saturated heterocycles. The summed E-state index contributed by atoms with van der Waals surface area (Å²) < 4.78 is 7.58. The SMILES string of the molecule is CCc1cc(NC[C@@H](O)COC2CCCCC2)n2nccc2n1. The van der Waals surface area contributed by atoms with Crippen molar-refractivity contribution in [1.82, 2.24) is 14.6 Å². The maximum absolute atomic E-state index is 10.2. The molecule has 0 unspecified atom stereocenters. The molecule has 1 aliphatic rings. The van der Waals surface area contributed by atoms with E-state index < -0.39 is 6.10 Å². The number of hydrogen-bond acceptors (Lipinski definition) is 5. The zero-order chi connectivity index (χ0) is 16.1. The van der Waals surface area contributed by atoms with Gasteiger partial charge >= 0.3 is 0 Å². The van der Waals surface area contributed by atoms with Gasteiger partial charge in [-0.3, -0.25) is 0 Å². The fourth-order valence-corrected chi connectivity index (χ4v) is 3.03. The Bertz CT molecular complexity index is 622. The average Bonchev–Trinajstić information content (AvgIpc) is 3.07. The second-order valence-corrected chi connectivity index (χ2v) is 6.22. The molecule has 0 bridgehead atoms. The van der Waals surface area contributed by atoms with Crippen LogP contribution in [-0.2, 0) is 11.2 Å². The highest BCUT2D eigenvalue weighted by molar-refractivity contribution is 5.49. The smallest absolute Gasteiger partial charge is 0.157 e. The first kappa shape index (κ1) is 16.2. The van der Waals surface area contributed by atoms with Gasteiger partial charge in [0.2, 0.25) is 0 Å². The minimum atomic E-state index is -0.527. The molecule has 1 fully saturated rings. The lowest BCUT2D eigenvalue weighted by Gasteiger charge is -2.23. The van der Waals surface area contributed by atoms with Crippen LogP contribution < -0.4 is 5.32 Å². The summed E-state index contributed by atoms with van der Waals surface area (Å²) in [4.78, 5) is 4.51. The second kappa shape index (κ2) is 7.75. The number of nitrogens with one attached hydrogen (secondary N) is 1. The third-order valence-electron chi connectivity index (χ3n) is 4.37. The van der Waals surface area contributed by atoms with Crippen molar-refractivity contribution in [3.63, 3.8) is 0 Å². The summed E-state index contributed by atoms with van der Waals surface area (Å²) in [5, 5.41) is 17.7. The van der Waals surface area contributed by atoms with Gasteiger partial charge in [-0.2, -0.15) is 9.61 Å². The van der Waals surface area contributed by atoms with Crippen molar-refractivity contribution in [3.05, 3.63) is 24.0 Å². The number of nitrogens with zero attached hydrogens (tertiary/aromatic N) is 3. The van der Waals surface area contributed by atoms with Crippen LogP contribution in [0.3, 0.4) is 0 Å². The summed E-state index contributed by atoms with van der Waals surface area (Å²) >= 11 is 0. The Balaban J connectivity index is 1.54. The molecule has 6 heteroatoms. The van der Waals surface area contributed by atoms with Crippen molar-refractivity contribution in [1.29, 1.82) is 0 Å². The quantitative estimate of drug-likeness (QED) is 0.820. The number of fused-ring (bicyclic) bond motifs is 1. The van der Waals surface area contributed by atoms with Crippen molar-refractivity contribution in [2.24, 2.45) is 0 Å². The second-order valence-electron chi connectivity index (χ2n) is 6.22. The maximum Gasteiger partial charge on any atom is 0.157 e. The molecule has 1 aliphatic carbocycles. The summed E-state index contributed by atoms with van der Waals surface area (Å²) in [6.07, 6.45) is 8.44. The van der Waals surface area contributed by atoms with Crippen LogP contribution in [0.25, 0.3) is 5.65 Å². The summed E-state index contributed by atoms with van der Waals surface area (Å²) in [6, 6.07) is 3.86. The van der Waals surface area contributed by atoms with Crippen LogP contribution in [0.4, 0.5) is 5.82 Å². The van der Waals surface area contributed by atoms with Crippen molar-refractivity contribution in [2.75, 3.05) is 18.5 Å². The van der Waals surface area contributed by atoms with Crippen molar-refractivity contribution < 1.29 is 9.84 Å². The summed E-state index contributed by atoms with van der Waals surface area (Å²) in [5.41, 5.74) is 1.83. The predicted molar refractivity (Wildman–Crippen MR) is 89.7 cm³/mol. The molecule has 0 radical (unpaired) electrons. The molecule has 2 aromatic heterocycles. The third-order valence-corrected chi connectivity index (χ3v) is 4.37. The van der Waals surface area contributed by atoms with Gasteiger partial charge in [0.1, 0.15) is 5.82 Å². The van der Waals surface area contributed by atoms with Crippen LogP contribution in [0, 0.1) is 0 Å². The number of aryl methyl sites for hydroxylation is 1. The molecule has 2 heterocycles. The number of hydrogen-bond donors (Lipinski definition) is 2. The monoisotopic (exact) mass is 318 g/mol. The van der Waals surface area contributed by atoms with Gasteiger partial charge in [0.15, 0.2) is 5.65 Å². The maximum atomic E-state index is 10.2. The van der Waals surface area contributed by atoms with E-state index in [0.29, 0.717) is 19.3 Å². The molecular formula is C17H26N4O2. The Hall–Kier alpha value is -1.66. The Kier molecular flexibility index (Phi) is 5.46. The fourth-order valence-electron chi connectivity index (χ4n) is 3.03. The van der Waals surface area contributed by atoms with E-state index in [1.54, 1.807) is 10.7 Å². The van der Waals surface area contributed by atoms with Crippen LogP contribution in [0.1, 0.15) is 44.7 Å². The minimum Gasteiger partial charge on any atom is -0.389 e. The topological polar surface area (TPSA) is 71.7 Å². The molecule has 2 N–H and O–H groups in total. The normalized spacial score (nSPS) is 17.5. The highest BCUT2D eigenvalue weighted by Gasteiger charge is 2.16. The number of anilines is 1. The van der Waals surface area contributed by atoms with Gasteiger partial charge in [0.05, 0.1) is 25.0 Å². The molecule has 6 nitrogen and oxygen atoms in total. The Morgan fingerprint density at radius 3 is 3.00 bits per heavy atom. The molecule has 2 aromatic rings. The van der Waals surface area contributed by atoms with Crippen LogP contribution in [-0.4, -0.2) is 45.1 Å². The molecular weight excluding hydrogens is 292 g/mol. The Morgan fingerprint density at radius 2 is 2.22 bits per heavy atom. The van der Waals surface area contributed by atoms with Gasteiger partial charge < -0.3 is 15.2 Å². The molecule has 0 aromatic carbocycles. The van der Waals surface area contributed by atoms with E-state index in [9.17, 15) is 5.11 Å². The highest BCUT2D eigenvalue weighted by atomic mass is 16.5. The van der Waals surface area contributed by atoms with Crippen LogP contribution in [0.15, 0.2) is 18.3 Å². The van der Waals surface area contributed by atoms with E-state index in [0.717, 1.165) is 36.4 Å². The predicted octanol–water partition coefficient (Wildman–Crippen LogP) is 2.41. The first-order valence-electron chi connectivity index (χ1n) is 8.63. The lowest BCUT2D eigenvalue weighted by molar-refractivity contribution is -0.0195. The van der Waals surface area contributed by atoms with Crippen LogP contribution >= 0.6 is 0 Å². The number of aliphatic hydroxyl groups is 1. The van der Waals surface area contributed by atoms with Gasteiger partial charge in [-0.15, -0.1) is 0 Å². The summed E-state index contributed by atoms with van der Waals surface area (Å²) in [6.45, 7) is 2.90. The van der Waals surface area contributed by atoms with Gasteiger partial charge in [-0.1, -0.05) is 26.2 Å². The van der Waals surface area contributed by atoms with Crippen LogP contribution in [0.2, 0.25) is 0 Å². The van der Waals surface area contributed by atoms with E-state index in [-0.39, 0.29) is 0 Å². The van der Waals surface area contributed by atoms with Crippen LogP contribution in [0.5, 0.6) is 0 Å². The van der Waals surface area contributed by atoms with Crippen molar-refractivity contribution in [3.8, 4) is 0 Å². The molecule has 0 amide bonds. The van der Waals surface area contributed by atoms with E-state index in [2.05, 4.69) is 22.3 Å². The largest absolute Gasteiger partial charge is 0.389 e. The fraction of sp³-hybridized carbons (Fsp3) is 0.647. The number of aromatic nitrogens is 3. The first-order chi connectivity index (χ1) is 11.3. The van der Waals surface area contributed by atoms with E-state index in [1.165, 1.54) is 19.3 Å². The molecule has 3 rings (SSSR count). The van der Waals surface area contributed by atoms with Gasteiger partial charge in [-0.25, -0.2) is 4.98 Å². The first-order valence-corrected chi connectivity index (χ1v) is 8.63. The molecule has 126 valence electrons. The molecule has 1 saturated carbocycles. The number of aliphatic hydroxyl groups excluding tert-OH is 1. The number of ether oxygens (including phenoxy) is 1. The average molecular weight is 318 g/mol. The third kappa shape index (κ3) is 4.20. The highest BCUT2D eigenvalue weighted by Crippen LogP contribution is 2.20. The van der Waals surface area contributed by atoms with Crippen molar-refractivity contribution in [2.45, 2.75) is 57.7 Å². The molecule has 1 atom stereocenters. The van der Waals surface area contributed by atoms with Gasteiger partial charge in [-0.05, 0) is 19.3 Å². The molecule has 23 heavy (non-hydrogen) atoms. The molecule has 0 aliphatic heterocycles. The Morgan fingerprint density at radius 1 is 1.39 bits per heavy atom. The molecule has 0 spiro atoms. The lowest BCUT2D eigenvalue weighted by Crippen LogP contribution is -2.29. The minimum absolute atomic E-state index is 0.323. The van der Waals surface area contributed by atoms with E-state index in [1.807, 2.05) is 12.1 Å². The zero-order valence-corrected chi connectivity index (χ0v) is 13.7. The van der Waals surface area contributed by atoms with E-state index in [4.69, 9.17) is 4.74 Å². The number of rotatable bonds is 7. The van der Waals surface area contributed by atoms with Gasteiger partial charge in [0, 0.05) is 24.4 Å². The summed E-state index contributed by atoms with van der Waals surface area (Å²) in [5.74, 6) is 0.855. The zero-order valence-electron chi connectivity index (χ0n) is 13.7. The lowest BCUT2D eigenvalue weighted by atomic mass is 9.98. The van der Waals surface area contributed by atoms with Gasteiger partial charge in [0.25, 0.3) is 0 Å². The summed E-state index contributed by atoms with van der Waals surface area (Å²) in [7, 11) is 0.